The van der Waals surface area contributed by atoms with E-state index in [0.29, 0.717) is 30.2 Å². The number of methoxy groups -OCH3 is 1. The molecule has 0 saturated heterocycles. The van der Waals surface area contributed by atoms with Crippen LogP contribution in [0.1, 0.15) is 26.8 Å². The van der Waals surface area contributed by atoms with Crippen molar-refractivity contribution in [1.29, 1.82) is 0 Å². The van der Waals surface area contributed by atoms with Crippen molar-refractivity contribution in [2.75, 3.05) is 19.4 Å². The van der Waals surface area contributed by atoms with Gasteiger partial charge >= 0.3 is 0 Å². The molecule has 7 nitrogen and oxygen atoms in total. The summed E-state index contributed by atoms with van der Waals surface area (Å²) < 4.78 is 5.29. The number of fused-ring (bicyclic) bond motifs is 1. The Hall–Kier alpha value is -2.49. The number of thioether (sulfide) groups is 1. The van der Waals surface area contributed by atoms with Crippen LogP contribution in [-0.2, 0) is 11.3 Å². The number of ether oxygens (including phenoxy) is 1. The molecule has 0 saturated carbocycles. The van der Waals surface area contributed by atoms with Crippen LogP contribution in [-0.4, -0.2) is 41.1 Å². The van der Waals surface area contributed by atoms with E-state index in [2.05, 4.69) is 15.3 Å². The first-order chi connectivity index (χ1) is 14.0. The van der Waals surface area contributed by atoms with Crippen LogP contribution < -0.4 is 15.8 Å². The minimum Gasteiger partial charge on any atom is -0.497 e. The Labute approximate surface area is 177 Å². The second-order valence-electron chi connectivity index (χ2n) is 6.25. The first-order valence-corrected chi connectivity index (χ1v) is 10.8. The number of ketones is 1. The van der Waals surface area contributed by atoms with Gasteiger partial charge in [0.2, 0.25) is 5.91 Å². The first kappa shape index (κ1) is 21.2. The number of aromatic nitrogens is 2. The van der Waals surface area contributed by atoms with Gasteiger partial charge < -0.3 is 15.8 Å². The zero-order valence-electron chi connectivity index (χ0n) is 16.2. The Morgan fingerprint density at radius 3 is 2.83 bits per heavy atom. The van der Waals surface area contributed by atoms with Gasteiger partial charge in [-0.15, -0.1) is 11.3 Å². The van der Waals surface area contributed by atoms with E-state index in [0.717, 1.165) is 26.6 Å². The summed E-state index contributed by atoms with van der Waals surface area (Å²) in [5.74, 6) is 1.57. The van der Waals surface area contributed by atoms with Gasteiger partial charge in [-0.3, -0.25) is 9.59 Å². The summed E-state index contributed by atoms with van der Waals surface area (Å²) in [6.07, 6.45) is 0.297. The van der Waals surface area contributed by atoms with Gasteiger partial charge in [0.15, 0.2) is 5.78 Å². The average molecular weight is 431 g/mol. The Morgan fingerprint density at radius 2 is 2.07 bits per heavy atom. The summed E-state index contributed by atoms with van der Waals surface area (Å²) in [5.41, 5.74) is 6.18. The number of carbonyl (C=O) groups excluding carboxylic acids is 2. The Bertz CT molecular complexity index is 1040. The average Bonchev–Trinajstić information content (AvgIpc) is 3.19. The lowest BCUT2D eigenvalue weighted by molar-refractivity contribution is -0.121. The highest BCUT2D eigenvalue weighted by Gasteiger charge is 2.14. The van der Waals surface area contributed by atoms with E-state index in [-0.39, 0.29) is 17.4 Å². The summed E-state index contributed by atoms with van der Waals surface area (Å²) in [6, 6.07) is 9.28. The minimum absolute atomic E-state index is 0.0202. The number of rotatable bonds is 9. The lowest BCUT2D eigenvalue weighted by Gasteiger charge is -2.08. The van der Waals surface area contributed by atoms with Crippen LogP contribution in [0, 0.1) is 6.92 Å². The number of amides is 1. The van der Waals surface area contributed by atoms with Gasteiger partial charge in [0.05, 0.1) is 29.8 Å². The molecule has 3 rings (SSSR count). The maximum Gasteiger partial charge on any atom is 0.221 e. The van der Waals surface area contributed by atoms with Crippen LogP contribution in [0.25, 0.3) is 10.9 Å². The van der Waals surface area contributed by atoms with Gasteiger partial charge in [0.25, 0.3) is 0 Å². The van der Waals surface area contributed by atoms with Crippen molar-refractivity contribution >= 4 is 45.7 Å². The van der Waals surface area contributed by atoms with E-state index >= 15 is 0 Å². The lowest BCUT2D eigenvalue weighted by Crippen LogP contribution is -2.24. The molecule has 0 atom stereocenters. The molecule has 0 aliphatic carbocycles. The fourth-order valence-corrected chi connectivity index (χ4v) is 4.58. The maximum absolute atomic E-state index is 12.6. The number of hydrogen-bond donors (Lipinski definition) is 2. The smallest absolute Gasteiger partial charge is 0.221 e. The van der Waals surface area contributed by atoms with E-state index in [9.17, 15) is 9.59 Å². The molecule has 1 aromatic carbocycles. The van der Waals surface area contributed by atoms with Crippen LogP contribution in [0.5, 0.6) is 5.75 Å². The predicted octanol–water partition coefficient (Wildman–Crippen LogP) is 2.95. The van der Waals surface area contributed by atoms with E-state index in [1.54, 1.807) is 13.2 Å². The summed E-state index contributed by atoms with van der Waals surface area (Å²) >= 11 is 2.77. The molecule has 0 radical (unpaired) electrons. The quantitative estimate of drug-likeness (QED) is 0.305. The fourth-order valence-electron chi connectivity index (χ4n) is 2.66. The molecule has 9 heteroatoms. The zero-order valence-corrected chi connectivity index (χ0v) is 17.9. The second-order valence-corrected chi connectivity index (χ2v) is 8.38. The fraction of sp³-hybridized carbons (Fsp3) is 0.300. The van der Waals surface area contributed by atoms with E-state index < -0.39 is 0 Å². The predicted molar refractivity (Wildman–Crippen MR) is 116 cm³/mol. The summed E-state index contributed by atoms with van der Waals surface area (Å²) in [5, 5.41) is 4.41. The number of hydrogen-bond acceptors (Lipinski definition) is 8. The van der Waals surface area contributed by atoms with Crippen molar-refractivity contribution in [3.05, 3.63) is 45.9 Å². The highest BCUT2D eigenvalue weighted by atomic mass is 32.2. The third-order valence-corrected chi connectivity index (χ3v) is 6.20. The minimum atomic E-state index is -0.0919. The standard InChI is InChI=1S/C20H22N4O3S2/c1-12-23-16-5-3-13(27-2)9-15(16)20(24-12)28-11-17(25)18-6-4-14(29-18)10-22-19(26)7-8-21/h3-6,9H,7-8,10-11,21H2,1-2H3,(H,22,26). The third kappa shape index (κ3) is 5.53. The van der Waals surface area contributed by atoms with Gasteiger partial charge in [0.1, 0.15) is 16.6 Å². The molecule has 152 valence electrons. The highest BCUT2D eigenvalue weighted by Crippen LogP contribution is 2.29. The molecular weight excluding hydrogens is 408 g/mol. The molecule has 0 aliphatic rings. The number of nitrogens with two attached hydrogens (primary N) is 1. The van der Waals surface area contributed by atoms with Crippen LogP contribution >= 0.6 is 23.1 Å². The van der Waals surface area contributed by atoms with Crippen molar-refractivity contribution in [2.45, 2.75) is 24.9 Å². The molecule has 29 heavy (non-hydrogen) atoms. The Kier molecular flexibility index (Phi) is 7.18. The van der Waals surface area contributed by atoms with E-state index in [1.165, 1.54) is 23.1 Å². The molecule has 2 heterocycles. The monoisotopic (exact) mass is 430 g/mol. The summed E-state index contributed by atoms with van der Waals surface area (Å²) in [7, 11) is 1.61. The van der Waals surface area contributed by atoms with Gasteiger partial charge in [-0.05, 0) is 37.3 Å². The van der Waals surface area contributed by atoms with Crippen LogP contribution in [0.3, 0.4) is 0 Å². The Morgan fingerprint density at radius 1 is 1.24 bits per heavy atom. The van der Waals surface area contributed by atoms with Gasteiger partial charge in [0, 0.05) is 23.2 Å². The molecule has 1 amide bonds. The van der Waals surface area contributed by atoms with E-state index in [4.69, 9.17) is 10.5 Å². The van der Waals surface area contributed by atoms with Gasteiger partial charge in [-0.25, -0.2) is 9.97 Å². The molecule has 3 aromatic rings. The lowest BCUT2D eigenvalue weighted by atomic mass is 10.2. The molecule has 0 spiro atoms. The molecular formula is C20H22N4O3S2. The molecule has 0 fully saturated rings. The van der Waals surface area contributed by atoms with Crippen LogP contribution in [0.2, 0.25) is 0 Å². The van der Waals surface area contributed by atoms with Crippen molar-refractivity contribution < 1.29 is 14.3 Å². The molecule has 3 N–H and O–H groups in total. The Balaban J connectivity index is 1.67. The number of benzene rings is 1. The largest absolute Gasteiger partial charge is 0.497 e. The summed E-state index contributed by atoms with van der Waals surface area (Å²) in [6.45, 7) is 2.56. The second kappa shape index (κ2) is 9.82. The number of thiophene rings is 1. The van der Waals surface area contributed by atoms with Crippen molar-refractivity contribution in [2.24, 2.45) is 5.73 Å². The first-order valence-electron chi connectivity index (χ1n) is 9.04. The van der Waals surface area contributed by atoms with Gasteiger partial charge in [-0.1, -0.05) is 11.8 Å². The SMILES string of the molecule is COc1ccc2nc(C)nc(SCC(=O)c3ccc(CNC(=O)CCN)s3)c2c1. The van der Waals surface area contributed by atoms with Crippen LogP contribution in [0.15, 0.2) is 35.4 Å². The van der Waals surface area contributed by atoms with Crippen molar-refractivity contribution in [3.63, 3.8) is 0 Å². The summed E-state index contributed by atoms with van der Waals surface area (Å²) in [4.78, 5) is 34.7. The number of nitrogens with zero attached hydrogens (tertiary/aromatic N) is 2. The number of aryl methyl sites for hydroxylation is 1. The number of carbonyl (C=O) groups is 2. The molecule has 0 aliphatic heterocycles. The topological polar surface area (TPSA) is 107 Å². The molecule has 2 aromatic heterocycles. The van der Waals surface area contributed by atoms with Crippen molar-refractivity contribution in [3.8, 4) is 5.75 Å². The highest BCUT2D eigenvalue weighted by molar-refractivity contribution is 8.00. The number of Topliss-reactive ketones (excluding diaryl/α,β-unsaturated/α-hetero) is 1. The normalized spacial score (nSPS) is 10.9. The maximum atomic E-state index is 12.6. The van der Waals surface area contributed by atoms with E-state index in [1.807, 2.05) is 31.2 Å². The number of nitrogens with one attached hydrogen (secondary N) is 1. The molecule has 0 unspecified atom stereocenters. The molecule has 0 bridgehead atoms. The third-order valence-electron chi connectivity index (χ3n) is 4.09. The zero-order chi connectivity index (χ0) is 20.8. The van der Waals surface area contributed by atoms with Crippen molar-refractivity contribution in [1.82, 2.24) is 15.3 Å². The van der Waals surface area contributed by atoms with Gasteiger partial charge in [-0.2, -0.15) is 0 Å². The van der Waals surface area contributed by atoms with Crippen LogP contribution in [0.4, 0.5) is 0 Å².